The van der Waals surface area contributed by atoms with E-state index in [2.05, 4.69) is 26.2 Å². The number of aromatic nitrogens is 2. The molecule has 0 fully saturated rings. The molecule has 0 unspecified atom stereocenters. The minimum Gasteiger partial charge on any atom is -0.325 e. The Hall–Kier alpha value is -2.98. The van der Waals surface area contributed by atoms with Gasteiger partial charge in [0.15, 0.2) is 0 Å². The standard InChI is InChI=1S/C23H17BrF3N3O2S/c1-2-17-19(13-6-8-15(24)9-7-13)20-21(33-17)28-12-30(22(20)32)11-18(31)29-16-5-3-4-14(10-16)23(25,26)27/h3-10,12H,2,11H2,1H3,(H,29,31). The second-order valence-corrected chi connectivity index (χ2v) is 9.24. The van der Waals surface area contributed by atoms with Gasteiger partial charge in [0, 0.05) is 20.6 Å². The largest absolute Gasteiger partial charge is 0.416 e. The van der Waals surface area contributed by atoms with E-state index < -0.39 is 17.6 Å². The monoisotopic (exact) mass is 535 g/mol. The van der Waals surface area contributed by atoms with Crippen LogP contribution in [0.25, 0.3) is 21.3 Å². The van der Waals surface area contributed by atoms with Gasteiger partial charge in [0.25, 0.3) is 5.56 Å². The van der Waals surface area contributed by atoms with E-state index in [9.17, 15) is 22.8 Å². The Morgan fingerprint density at radius 2 is 1.91 bits per heavy atom. The summed E-state index contributed by atoms with van der Waals surface area (Å²) in [6, 6.07) is 11.9. The van der Waals surface area contributed by atoms with Crippen LogP contribution in [0.5, 0.6) is 0 Å². The van der Waals surface area contributed by atoms with Crippen LogP contribution in [0, 0.1) is 0 Å². The van der Waals surface area contributed by atoms with Crippen molar-refractivity contribution in [3.8, 4) is 11.1 Å². The van der Waals surface area contributed by atoms with Crippen molar-refractivity contribution >= 4 is 49.1 Å². The molecular weight excluding hydrogens is 519 g/mol. The molecule has 2 heterocycles. The first-order valence-electron chi connectivity index (χ1n) is 9.91. The number of halogens is 4. The van der Waals surface area contributed by atoms with Crippen molar-refractivity contribution in [1.82, 2.24) is 9.55 Å². The first kappa shape index (κ1) is 23.2. The number of aryl methyl sites for hydroxylation is 1. The van der Waals surface area contributed by atoms with E-state index in [-0.39, 0.29) is 17.8 Å². The number of fused-ring (bicyclic) bond motifs is 1. The summed E-state index contributed by atoms with van der Waals surface area (Å²) in [7, 11) is 0. The molecule has 0 aliphatic heterocycles. The van der Waals surface area contributed by atoms with Gasteiger partial charge in [0.05, 0.1) is 17.3 Å². The highest BCUT2D eigenvalue weighted by atomic mass is 79.9. The van der Waals surface area contributed by atoms with Crippen LogP contribution >= 0.6 is 27.3 Å². The minimum atomic E-state index is -4.52. The van der Waals surface area contributed by atoms with E-state index in [1.165, 1.54) is 34.4 Å². The number of nitrogens with zero attached hydrogens (tertiary/aromatic N) is 2. The Kier molecular flexibility index (Phi) is 6.40. The number of rotatable bonds is 5. The predicted octanol–water partition coefficient (Wildman–Crippen LogP) is 6.11. The number of nitrogens with one attached hydrogen (secondary N) is 1. The molecule has 1 amide bonds. The van der Waals surface area contributed by atoms with Crippen LogP contribution in [0.2, 0.25) is 0 Å². The molecule has 4 rings (SSSR count). The summed E-state index contributed by atoms with van der Waals surface area (Å²) < 4.78 is 40.8. The number of carbonyl (C=O) groups is 1. The van der Waals surface area contributed by atoms with Crippen LogP contribution in [-0.4, -0.2) is 15.5 Å². The smallest absolute Gasteiger partial charge is 0.325 e. The summed E-state index contributed by atoms with van der Waals surface area (Å²) >= 11 is 4.84. The van der Waals surface area contributed by atoms with E-state index in [1.807, 2.05) is 31.2 Å². The van der Waals surface area contributed by atoms with Gasteiger partial charge in [-0.3, -0.25) is 14.2 Å². The number of alkyl halides is 3. The average molecular weight is 536 g/mol. The van der Waals surface area contributed by atoms with Crippen molar-refractivity contribution in [1.29, 1.82) is 0 Å². The summed E-state index contributed by atoms with van der Waals surface area (Å²) in [4.78, 5) is 31.7. The second-order valence-electron chi connectivity index (χ2n) is 7.25. The van der Waals surface area contributed by atoms with Crippen molar-refractivity contribution < 1.29 is 18.0 Å². The molecule has 1 N–H and O–H groups in total. The molecule has 2 aromatic carbocycles. The first-order valence-corrected chi connectivity index (χ1v) is 11.5. The van der Waals surface area contributed by atoms with Crippen LogP contribution in [0.4, 0.5) is 18.9 Å². The lowest BCUT2D eigenvalue weighted by Crippen LogP contribution is -2.28. The third-order valence-corrected chi connectivity index (χ3v) is 6.76. The third-order valence-electron chi connectivity index (χ3n) is 4.99. The number of anilines is 1. The highest BCUT2D eigenvalue weighted by molar-refractivity contribution is 9.10. The average Bonchev–Trinajstić information content (AvgIpc) is 3.15. The molecule has 10 heteroatoms. The zero-order valence-electron chi connectivity index (χ0n) is 17.2. The molecule has 5 nitrogen and oxygen atoms in total. The number of carbonyl (C=O) groups excluding carboxylic acids is 1. The Labute approximate surface area is 199 Å². The molecule has 0 saturated carbocycles. The number of amides is 1. The fourth-order valence-electron chi connectivity index (χ4n) is 3.48. The SMILES string of the molecule is CCc1sc2ncn(CC(=O)Nc3cccc(C(F)(F)F)c3)c(=O)c2c1-c1ccc(Br)cc1. The van der Waals surface area contributed by atoms with Gasteiger partial charge in [-0.15, -0.1) is 11.3 Å². The third kappa shape index (κ3) is 4.86. The van der Waals surface area contributed by atoms with E-state index >= 15 is 0 Å². The Morgan fingerprint density at radius 3 is 2.58 bits per heavy atom. The maximum atomic E-state index is 13.3. The van der Waals surface area contributed by atoms with Gasteiger partial charge in [0.1, 0.15) is 11.4 Å². The van der Waals surface area contributed by atoms with Crippen LogP contribution in [0.1, 0.15) is 17.4 Å². The minimum absolute atomic E-state index is 0.00346. The van der Waals surface area contributed by atoms with Crippen molar-refractivity contribution in [3.05, 3.63) is 80.1 Å². The van der Waals surface area contributed by atoms with E-state index in [4.69, 9.17) is 0 Å². The molecule has 0 radical (unpaired) electrons. The van der Waals surface area contributed by atoms with Gasteiger partial charge in [-0.25, -0.2) is 4.98 Å². The number of hydrogen-bond acceptors (Lipinski definition) is 4. The molecule has 0 spiro atoms. The molecule has 2 aromatic heterocycles. The van der Waals surface area contributed by atoms with Gasteiger partial charge in [0.2, 0.25) is 5.91 Å². The van der Waals surface area contributed by atoms with Crippen molar-refractivity contribution in [2.24, 2.45) is 0 Å². The lowest BCUT2D eigenvalue weighted by Gasteiger charge is -2.11. The Balaban J connectivity index is 1.67. The molecule has 4 aromatic rings. The normalized spacial score (nSPS) is 11.7. The molecule has 0 saturated heterocycles. The Morgan fingerprint density at radius 1 is 1.18 bits per heavy atom. The van der Waals surface area contributed by atoms with Gasteiger partial charge >= 0.3 is 6.18 Å². The molecule has 0 aliphatic rings. The molecule has 0 bridgehead atoms. The van der Waals surface area contributed by atoms with Gasteiger partial charge < -0.3 is 5.32 Å². The zero-order chi connectivity index (χ0) is 23.8. The fourth-order valence-corrected chi connectivity index (χ4v) is 4.84. The lowest BCUT2D eigenvalue weighted by atomic mass is 10.0. The molecule has 0 atom stereocenters. The summed E-state index contributed by atoms with van der Waals surface area (Å²) in [5, 5.41) is 2.84. The van der Waals surface area contributed by atoms with Crippen LogP contribution in [0.3, 0.4) is 0 Å². The molecule has 0 aliphatic carbocycles. The number of thiophene rings is 1. The fraction of sp³-hybridized carbons (Fsp3) is 0.174. The molecule has 170 valence electrons. The topological polar surface area (TPSA) is 64.0 Å². The van der Waals surface area contributed by atoms with Gasteiger partial charge in [-0.2, -0.15) is 13.2 Å². The van der Waals surface area contributed by atoms with Gasteiger partial charge in [-0.1, -0.05) is 41.1 Å². The maximum absolute atomic E-state index is 13.3. The lowest BCUT2D eigenvalue weighted by molar-refractivity contribution is -0.137. The zero-order valence-corrected chi connectivity index (χ0v) is 19.6. The Bertz CT molecular complexity index is 1400. The maximum Gasteiger partial charge on any atom is 0.416 e. The van der Waals surface area contributed by atoms with E-state index in [1.54, 1.807) is 0 Å². The second kappa shape index (κ2) is 9.11. The quantitative estimate of drug-likeness (QED) is 0.335. The summed E-state index contributed by atoms with van der Waals surface area (Å²) in [6.07, 6.45) is -2.52. The summed E-state index contributed by atoms with van der Waals surface area (Å²) in [5.41, 5.74) is 0.399. The first-order chi connectivity index (χ1) is 15.7. The number of hydrogen-bond donors (Lipinski definition) is 1. The van der Waals surface area contributed by atoms with E-state index in [0.717, 1.165) is 32.6 Å². The van der Waals surface area contributed by atoms with Crippen molar-refractivity contribution in [2.75, 3.05) is 5.32 Å². The van der Waals surface area contributed by atoms with Crippen molar-refractivity contribution in [3.63, 3.8) is 0 Å². The molecular formula is C23H17BrF3N3O2S. The van der Waals surface area contributed by atoms with E-state index in [0.29, 0.717) is 16.6 Å². The van der Waals surface area contributed by atoms with Crippen LogP contribution in [0.15, 0.2) is 64.1 Å². The predicted molar refractivity (Wildman–Crippen MR) is 126 cm³/mol. The summed E-state index contributed by atoms with van der Waals surface area (Å²) in [5.74, 6) is -0.631. The molecule has 33 heavy (non-hydrogen) atoms. The highest BCUT2D eigenvalue weighted by Gasteiger charge is 2.30. The van der Waals surface area contributed by atoms with Crippen LogP contribution < -0.4 is 10.9 Å². The number of benzene rings is 2. The van der Waals surface area contributed by atoms with Crippen molar-refractivity contribution in [2.45, 2.75) is 26.1 Å². The highest BCUT2D eigenvalue weighted by Crippen LogP contribution is 2.37. The summed E-state index contributed by atoms with van der Waals surface area (Å²) in [6.45, 7) is 1.61. The van der Waals surface area contributed by atoms with Gasteiger partial charge in [-0.05, 0) is 42.3 Å². The van der Waals surface area contributed by atoms with Crippen LogP contribution in [-0.2, 0) is 23.9 Å².